The summed E-state index contributed by atoms with van der Waals surface area (Å²) in [5.41, 5.74) is 0. The van der Waals surface area contributed by atoms with Crippen LogP contribution in [-0.4, -0.2) is 91.3 Å². The molecule has 0 saturated heterocycles. The molecule has 0 rings (SSSR count). The largest absolute Gasteiger partial charge is 0.394 e. The summed E-state index contributed by atoms with van der Waals surface area (Å²) in [4.78, 5) is 0. The predicted molar refractivity (Wildman–Crippen MR) is 46.7 cm³/mol. The third kappa shape index (κ3) is 5.08. The minimum absolute atomic E-state index is 0. The Hall–Kier alpha value is 0.526. The van der Waals surface area contributed by atoms with E-state index in [0.29, 0.717) is 0 Å². The topological polar surface area (TPSA) is 121 Å². The van der Waals surface area contributed by atoms with Gasteiger partial charge in [-0.05, 0) is 0 Å². The minimum atomic E-state index is -1.67. The summed E-state index contributed by atoms with van der Waals surface area (Å²) in [6.07, 6.45) is -6.39. The van der Waals surface area contributed by atoms with Crippen LogP contribution in [-0.2, 0) is 0 Å². The van der Waals surface area contributed by atoms with Crippen molar-refractivity contribution in [3.05, 3.63) is 0 Å². The molecule has 0 unspecified atom stereocenters. The second-order valence-corrected chi connectivity index (χ2v) is 2.48. The Balaban J connectivity index is 0. The van der Waals surface area contributed by atoms with Crippen LogP contribution < -0.4 is 0 Å². The van der Waals surface area contributed by atoms with E-state index in [-0.39, 0.29) is 23.1 Å². The first kappa shape index (κ1) is 16.0. The maximum absolute atomic E-state index is 8.96. The predicted octanol–water partition coefficient (Wildman–Crippen LogP) is -4.50. The quantitative estimate of drug-likeness (QED) is 0.253. The van der Waals surface area contributed by atoms with E-state index < -0.39 is 37.6 Å². The second kappa shape index (κ2) is 7.89. The maximum Gasteiger partial charge on any atom is 0.316 e. The molecule has 7 heteroatoms. The molecular formula is C6H16MgO6. The number of aliphatic hydroxyl groups is 6. The highest BCUT2D eigenvalue weighted by atomic mass is 24.3. The fraction of sp³-hybridized carbons (Fsp3) is 1.00. The van der Waals surface area contributed by atoms with Crippen LogP contribution in [0.15, 0.2) is 0 Å². The molecule has 0 aliphatic heterocycles. The lowest BCUT2D eigenvalue weighted by atomic mass is 10.0. The molecule has 0 aromatic carbocycles. The van der Waals surface area contributed by atoms with Crippen molar-refractivity contribution in [1.82, 2.24) is 0 Å². The number of rotatable bonds is 5. The van der Waals surface area contributed by atoms with Gasteiger partial charge in [-0.1, -0.05) is 0 Å². The first-order valence-electron chi connectivity index (χ1n) is 3.48. The first-order valence-corrected chi connectivity index (χ1v) is 3.48. The van der Waals surface area contributed by atoms with Gasteiger partial charge in [-0.2, -0.15) is 0 Å². The molecule has 0 aromatic rings. The SMILES string of the molecule is OC[C@@H](O)[C@@H](O)[C@H](O)[C@@H](O)CO.[MgH2]. The molecule has 0 fully saturated rings. The van der Waals surface area contributed by atoms with Crippen molar-refractivity contribution in [3.8, 4) is 0 Å². The first-order chi connectivity index (χ1) is 5.54. The molecule has 6 nitrogen and oxygen atoms in total. The van der Waals surface area contributed by atoms with Gasteiger partial charge in [0.25, 0.3) is 0 Å². The van der Waals surface area contributed by atoms with Crippen molar-refractivity contribution in [3.63, 3.8) is 0 Å². The van der Waals surface area contributed by atoms with E-state index in [1.165, 1.54) is 0 Å². The summed E-state index contributed by atoms with van der Waals surface area (Å²) >= 11 is 0. The average Bonchev–Trinajstić information content (AvgIpc) is 2.12. The Morgan fingerprint density at radius 3 is 1.08 bits per heavy atom. The molecular weight excluding hydrogens is 192 g/mol. The normalized spacial score (nSPS) is 19.8. The van der Waals surface area contributed by atoms with Gasteiger partial charge < -0.3 is 30.6 Å². The zero-order chi connectivity index (χ0) is 9.72. The Bertz CT molecular complexity index is 110. The van der Waals surface area contributed by atoms with E-state index in [1.807, 2.05) is 0 Å². The van der Waals surface area contributed by atoms with Crippen LogP contribution in [0.4, 0.5) is 0 Å². The summed E-state index contributed by atoms with van der Waals surface area (Å²) < 4.78 is 0. The van der Waals surface area contributed by atoms with Crippen molar-refractivity contribution in [2.75, 3.05) is 13.2 Å². The van der Waals surface area contributed by atoms with E-state index >= 15 is 0 Å². The van der Waals surface area contributed by atoms with Crippen LogP contribution in [0.25, 0.3) is 0 Å². The van der Waals surface area contributed by atoms with Crippen molar-refractivity contribution in [2.24, 2.45) is 0 Å². The zero-order valence-corrected chi connectivity index (χ0v) is 6.41. The third-order valence-corrected chi connectivity index (χ3v) is 1.51. The van der Waals surface area contributed by atoms with Gasteiger partial charge in [0.1, 0.15) is 24.4 Å². The van der Waals surface area contributed by atoms with Crippen LogP contribution in [0.3, 0.4) is 0 Å². The van der Waals surface area contributed by atoms with E-state index in [1.54, 1.807) is 0 Å². The fourth-order valence-corrected chi connectivity index (χ4v) is 0.671. The highest BCUT2D eigenvalue weighted by molar-refractivity contribution is 5.75. The van der Waals surface area contributed by atoms with Crippen LogP contribution in [0.5, 0.6) is 0 Å². The highest BCUT2D eigenvalue weighted by Crippen LogP contribution is 2.03. The number of aliphatic hydroxyl groups excluding tert-OH is 6. The molecule has 0 radical (unpaired) electrons. The van der Waals surface area contributed by atoms with Gasteiger partial charge in [-0.3, -0.25) is 0 Å². The molecule has 0 bridgehead atoms. The lowest BCUT2D eigenvalue weighted by Crippen LogP contribution is -2.46. The smallest absolute Gasteiger partial charge is 0.316 e. The van der Waals surface area contributed by atoms with Gasteiger partial charge in [0.15, 0.2) is 0 Å². The summed E-state index contributed by atoms with van der Waals surface area (Å²) in [5.74, 6) is 0. The summed E-state index contributed by atoms with van der Waals surface area (Å²) in [6.45, 7) is -1.45. The second-order valence-electron chi connectivity index (χ2n) is 2.48. The monoisotopic (exact) mass is 208 g/mol. The van der Waals surface area contributed by atoms with Crippen LogP contribution in [0.1, 0.15) is 0 Å². The van der Waals surface area contributed by atoms with Gasteiger partial charge in [-0.15, -0.1) is 0 Å². The lowest BCUT2D eigenvalue weighted by Gasteiger charge is -2.24. The zero-order valence-electron chi connectivity index (χ0n) is 6.41. The number of hydrogen-bond acceptors (Lipinski definition) is 6. The Kier molecular flexibility index (Phi) is 9.69. The molecule has 0 aliphatic rings. The van der Waals surface area contributed by atoms with Crippen LogP contribution >= 0.6 is 0 Å². The molecule has 0 amide bonds. The van der Waals surface area contributed by atoms with Crippen molar-refractivity contribution >= 4 is 23.1 Å². The van der Waals surface area contributed by atoms with Gasteiger partial charge in [0, 0.05) is 0 Å². The Morgan fingerprint density at radius 2 is 0.923 bits per heavy atom. The van der Waals surface area contributed by atoms with Gasteiger partial charge in [0.2, 0.25) is 0 Å². The van der Waals surface area contributed by atoms with Crippen LogP contribution in [0, 0.1) is 0 Å². The number of hydrogen-bond donors (Lipinski definition) is 6. The molecule has 0 spiro atoms. The van der Waals surface area contributed by atoms with E-state index in [2.05, 4.69) is 0 Å². The minimum Gasteiger partial charge on any atom is -0.394 e. The molecule has 6 N–H and O–H groups in total. The van der Waals surface area contributed by atoms with Crippen molar-refractivity contribution in [2.45, 2.75) is 24.4 Å². The lowest BCUT2D eigenvalue weighted by molar-refractivity contribution is -0.123. The molecule has 78 valence electrons. The van der Waals surface area contributed by atoms with Crippen LogP contribution in [0.2, 0.25) is 0 Å². The molecule has 4 atom stereocenters. The van der Waals surface area contributed by atoms with Crippen molar-refractivity contribution < 1.29 is 30.6 Å². The fourth-order valence-electron chi connectivity index (χ4n) is 0.671. The van der Waals surface area contributed by atoms with E-state index in [9.17, 15) is 0 Å². The standard InChI is InChI=1S/C6H14O6.Mg.2H/c7-1-3(9)5(11)6(12)4(10)2-8;;;/h3-12H,1-2H2;;;/t3-,4+,5-,6-;;;/m1.../s1. The summed E-state index contributed by atoms with van der Waals surface area (Å²) in [6, 6.07) is 0. The van der Waals surface area contributed by atoms with Gasteiger partial charge in [0.05, 0.1) is 13.2 Å². The molecule has 13 heavy (non-hydrogen) atoms. The molecule has 0 aliphatic carbocycles. The van der Waals surface area contributed by atoms with Gasteiger partial charge >= 0.3 is 23.1 Å². The third-order valence-electron chi connectivity index (χ3n) is 1.51. The average molecular weight is 208 g/mol. The Morgan fingerprint density at radius 1 is 0.692 bits per heavy atom. The molecule has 0 saturated carbocycles. The summed E-state index contributed by atoms with van der Waals surface area (Å²) in [7, 11) is 0. The highest BCUT2D eigenvalue weighted by Gasteiger charge is 2.29. The summed E-state index contributed by atoms with van der Waals surface area (Å²) in [5, 5.41) is 52.2. The molecule has 0 aromatic heterocycles. The van der Waals surface area contributed by atoms with Gasteiger partial charge in [-0.25, -0.2) is 0 Å². The van der Waals surface area contributed by atoms with E-state index in [4.69, 9.17) is 30.6 Å². The molecule has 0 heterocycles. The maximum atomic E-state index is 8.96. The Labute approximate surface area is 91.6 Å². The van der Waals surface area contributed by atoms with Crippen molar-refractivity contribution in [1.29, 1.82) is 0 Å². The van der Waals surface area contributed by atoms with E-state index in [0.717, 1.165) is 0 Å².